The van der Waals surface area contributed by atoms with E-state index >= 15 is 0 Å². The number of rotatable bonds is 8. The molecule has 0 radical (unpaired) electrons. The van der Waals surface area contributed by atoms with Crippen molar-refractivity contribution in [2.45, 2.75) is 20.1 Å². The highest BCUT2D eigenvalue weighted by Crippen LogP contribution is 2.25. The predicted octanol–water partition coefficient (Wildman–Crippen LogP) is 1.53. The van der Waals surface area contributed by atoms with Gasteiger partial charge < -0.3 is 14.2 Å². The first-order valence-corrected chi connectivity index (χ1v) is 5.72. The first-order valence-electron chi connectivity index (χ1n) is 5.72. The van der Waals surface area contributed by atoms with E-state index in [-0.39, 0.29) is 6.61 Å². The van der Waals surface area contributed by atoms with Gasteiger partial charge in [0.1, 0.15) is 6.61 Å². The van der Waals surface area contributed by atoms with Crippen molar-refractivity contribution in [3.63, 3.8) is 0 Å². The summed E-state index contributed by atoms with van der Waals surface area (Å²) in [5.74, 6) is -2.17. The van der Waals surface area contributed by atoms with Crippen LogP contribution in [0.15, 0.2) is 38.0 Å². The number of carbonyl (C=O) groups is 3. The minimum Gasteiger partial charge on any atom is -0.462 e. The highest BCUT2D eigenvalue weighted by atomic mass is 16.7. The maximum atomic E-state index is 11.3. The standard InChI is InChI=1S/C14H18O6/c1-6-10(15)18-9-14(4,5)13(19-11(16)7-2)20-12(17)8-3/h6-8,13H,1-3,9H2,4-5H3. The molecule has 20 heavy (non-hydrogen) atoms. The Kier molecular flexibility index (Phi) is 6.99. The molecular weight excluding hydrogens is 264 g/mol. The Bertz CT molecular complexity index is 399. The molecule has 0 fully saturated rings. The quantitative estimate of drug-likeness (QED) is 0.381. The van der Waals surface area contributed by atoms with E-state index in [0.29, 0.717) is 0 Å². The van der Waals surface area contributed by atoms with E-state index in [1.54, 1.807) is 13.8 Å². The van der Waals surface area contributed by atoms with Crippen LogP contribution in [0.2, 0.25) is 0 Å². The monoisotopic (exact) mass is 282 g/mol. The summed E-state index contributed by atoms with van der Waals surface area (Å²) in [6.45, 7) is 12.8. The zero-order valence-electron chi connectivity index (χ0n) is 11.6. The fraction of sp³-hybridized carbons (Fsp3) is 0.357. The second-order valence-corrected chi connectivity index (χ2v) is 4.41. The molecule has 0 aliphatic rings. The third-order valence-corrected chi connectivity index (χ3v) is 2.17. The highest BCUT2D eigenvalue weighted by molar-refractivity contribution is 5.83. The Morgan fingerprint density at radius 3 is 1.70 bits per heavy atom. The molecule has 0 aromatic carbocycles. The van der Waals surface area contributed by atoms with Crippen LogP contribution in [-0.4, -0.2) is 30.8 Å². The zero-order valence-corrected chi connectivity index (χ0v) is 11.6. The molecule has 0 spiro atoms. The van der Waals surface area contributed by atoms with Crippen molar-refractivity contribution < 1.29 is 28.6 Å². The smallest absolute Gasteiger partial charge is 0.333 e. The van der Waals surface area contributed by atoms with Crippen LogP contribution in [0, 0.1) is 5.41 Å². The number of carbonyl (C=O) groups excluding carboxylic acids is 3. The molecule has 0 aliphatic carbocycles. The van der Waals surface area contributed by atoms with Gasteiger partial charge in [-0.05, 0) is 13.8 Å². The molecule has 0 N–H and O–H groups in total. The molecule has 0 atom stereocenters. The lowest BCUT2D eigenvalue weighted by Crippen LogP contribution is -2.41. The molecule has 0 aromatic rings. The van der Waals surface area contributed by atoms with Gasteiger partial charge >= 0.3 is 17.9 Å². The van der Waals surface area contributed by atoms with Gasteiger partial charge in [0.25, 0.3) is 6.29 Å². The van der Waals surface area contributed by atoms with Gasteiger partial charge in [-0.15, -0.1) is 0 Å². The van der Waals surface area contributed by atoms with Gasteiger partial charge in [-0.3, -0.25) is 0 Å². The number of hydrogen-bond acceptors (Lipinski definition) is 6. The molecule has 0 bridgehead atoms. The van der Waals surface area contributed by atoms with Crippen LogP contribution in [-0.2, 0) is 28.6 Å². The first-order chi connectivity index (χ1) is 9.26. The summed E-state index contributed by atoms with van der Waals surface area (Å²) >= 11 is 0. The maximum Gasteiger partial charge on any atom is 0.333 e. The highest BCUT2D eigenvalue weighted by Gasteiger charge is 2.37. The van der Waals surface area contributed by atoms with E-state index in [9.17, 15) is 14.4 Å². The van der Waals surface area contributed by atoms with Crippen molar-refractivity contribution >= 4 is 17.9 Å². The second kappa shape index (κ2) is 7.93. The Balaban J connectivity index is 4.94. The normalized spacial score (nSPS) is 10.3. The van der Waals surface area contributed by atoms with E-state index < -0.39 is 29.6 Å². The molecule has 0 saturated heterocycles. The topological polar surface area (TPSA) is 78.9 Å². The van der Waals surface area contributed by atoms with Crippen molar-refractivity contribution in [2.75, 3.05) is 6.61 Å². The van der Waals surface area contributed by atoms with Gasteiger partial charge in [0, 0.05) is 18.2 Å². The lowest BCUT2D eigenvalue weighted by Gasteiger charge is -2.31. The molecular formula is C14H18O6. The van der Waals surface area contributed by atoms with Crippen molar-refractivity contribution in [3.8, 4) is 0 Å². The second-order valence-electron chi connectivity index (χ2n) is 4.41. The fourth-order valence-corrected chi connectivity index (χ4v) is 1.03. The first kappa shape index (κ1) is 17.6. The average Bonchev–Trinajstić information content (AvgIpc) is 2.43. The van der Waals surface area contributed by atoms with Crippen LogP contribution >= 0.6 is 0 Å². The summed E-state index contributed by atoms with van der Waals surface area (Å²) in [6, 6.07) is 0. The van der Waals surface area contributed by atoms with Crippen molar-refractivity contribution in [2.24, 2.45) is 5.41 Å². The van der Waals surface area contributed by atoms with Crippen LogP contribution in [0.4, 0.5) is 0 Å². The molecule has 0 saturated carbocycles. The SMILES string of the molecule is C=CC(=O)OCC(C)(C)C(OC(=O)C=C)OC(=O)C=C. The molecule has 0 aromatic heterocycles. The zero-order chi connectivity index (χ0) is 15.8. The van der Waals surface area contributed by atoms with Crippen LogP contribution in [0.1, 0.15) is 13.8 Å². The molecule has 0 unspecified atom stereocenters. The van der Waals surface area contributed by atoms with E-state index in [1.165, 1.54) is 0 Å². The summed E-state index contributed by atoms with van der Waals surface area (Å²) in [7, 11) is 0. The molecule has 0 aliphatic heterocycles. The third-order valence-electron chi connectivity index (χ3n) is 2.17. The Labute approximate surface area is 117 Å². The van der Waals surface area contributed by atoms with E-state index in [4.69, 9.17) is 14.2 Å². The van der Waals surface area contributed by atoms with Gasteiger partial charge in [-0.25, -0.2) is 14.4 Å². The van der Waals surface area contributed by atoms with Crippen molar-refractivity contribution in [1.29, 1.82) is 0 Å². The predicted molar refractivity (Wildman–Crippen MR) is 71.3 cm³/mol. The van der Waals surface area contributed by atoms with Crippen molar-refractivity contribution in [3.05, 3.63) is 38.0 Å². The van der Waals surface area contributed by atoms with Gasteiger partial charge in [0.15, 0.2) is 0 Å². The average molecular weight is 282 g/mol. The fourth-order valence-electron chi connectivity index (χ4n) is 1.03. The lowest BCUT2D eigenvalue weighted by molar-refractivity contribution is -0.208. The minimum atomic E-state index is -1.25. The lowest BCUT2D eigenvalue weighted by atomic mass is 9.93. The summed E-state index contributed by atoms with van der Waals surface area (Å²) in [4.78, 5) is 33.6. The van der Waals surface area contributed by atoms with Crippen LogP contribution in [0.25, 0.3) is 0 Å². The molecule has 6 nitrogen and oxygen atoms in total. The molecule has 0 heterocycles. The molecule has 0 amide bonds. The molecule has 0 rings (SSSR count). The summed E-state index contributed by atoms with van der Waals surface area (Å²) in [5, 5.41) is 0. The number of esters is 3. The molecule has 110 valence electrons. The third kappa shape index (κ3) is 5.99. The van der Waals surface area contributed by atoms with Crippen LogP contribution < -0.4 is 0 Å². The number of ether oxygens (including phenoxy) is 3. The Morgan fingerprint density at radius 2 is 1.35 bits per heavy atom. The van der Waals surface area contributed by atoms with Gasteiger partial charge in [-0.2, -0.15) is 0 Å². The summed E-state index contributed by atoms with van der Waals surface area (Å²) in [6.07, 6.45) is 1.61. The summed E-state index contributed by atoms with van der Waals surface area (Å²) < 4.78 is 14.8. The number of hydrogen-bond donors (Lipinski definition) is 0. The van der Waals surface area contributed by atoms with Gasteiger partial charge in [0.2, 0.25) is 0 Å². The van der Waals surface area contributed by atoms with E-state index in [2.05, 4.69) is 19.7 Å². The largest absolute Gasteiger partial charge is 0.462 e. The summed E-state index contributed by atoms with van der Waals surface area (Å²) in [5.41, 5.74) is -0.962. The minimum absolute atomic E-state index is 0.142. The van der Waals surface area contributed by atoms with Crippen molar-refractivity contribution in [1.82, 2.24) is 0 Å². The van der Waals surface area contributed by atoms with Crippen LogP contribution in [0.5, 0.6) is 0 Å². The van der Waals surface area contributed by atoms with Crippen LogP contribution in [0.3, 0.4) is 0 Å². The van der Waals surface area contributed by atoms with Gasteiger partial charge in [-0.1, -0.05) is 19.7 Å². The Morgan fingerprint density at radius 1 is 0.950 bits per heavy atom. The molecule has 6 heteroatoms. The maximum absolute atomic E-state index is 11.3. The van der Waals surface area contributed by atoms with E-state index in [0.717, 1.165) is 18.2 Å². The Hall–Kier alpha value is -2.37. The van der Waals surface area contributed by atoms with E-state index in [1.807, 2.05) is 0 Å². The van der Waals surface area contributed by atoms with Gasteiger partial charge in [0.05, 0.1) is 5.41 Å².